The van der Waals surface area contributed by atoms with E-state index < -0.39 is 17.4 Å². The Balaban J connectivity index is 1.85. The number of carbonyl (C=O) groups is 2. The van der Waals surface area contributed by atoms with E-state index >= 15 is 0 Å². The second-order valence-electron chi connectivity index (χ2n) is 6.45. The van der Waals surface area contributed by atoms with Crippen LogP contribution >= 0.6 is 23.8 Å². The zero-order valence-corrected chi connectivity index (χ0v) is 17.1. The quantitative estimate of drug-likeness (QED) is 0.477. The smallest absolute Gasteiger partial charge is 0.283 e. The fourth-order valence-electron chi connectivity index (χ4n) is 3.29. The number of hydrogen-bond donors (Lipinski definition) is 0. The van der Waals surface area contributed by atoms with Gasteiger partial charge in [-0.15, -0.1) is 0 Å². The third-order valence-electron chi connectivity index (χ3n) is 4.80. The lowest BCUT2D eigenvalue weighted by Crippen LogP contribution is -2.36. The van der Waals surface area contributed by atoms with Gasteiger partial charge < -0.3 is 0 Å². The average Bonchev–Trinajstić information content (AvgIpc) is 3.06. The van der Waals surface area contributed by atoms with Gasteiger partial charge in [0, 0.05) is 12.1 Å². The summed E-state index contributed by atoms with van der Waals surface area (Å²) in [6, 6.07) is 15.4. The molecule has 0 spiro atoms. The molecule has 0 saturated carbocycles. The molecule has 29 heavy (non-hydrogen) atoms. The molecule has 4 rings (SSSR count). The molecule has 0 aliphatic carbocycles. The van der Waals surface area contributed by atoms with E-state index in [1.165, 1.54) is 4.68 Å². The van der Waals surface area contributed by atoms with E-state index in [0.29, 0.717) is 22.1 Å². The molecular formula is C20H15ClN4O3S. The molecule has 1 fully saturated rings. The predicted molar refractivity (Wildman–Crippen MR) is 115 cm³/mol. The third-order valence-corrected chi connectivity index (χ3v) is 5.42. The zero-order valence-electron chi connectivity index (χ0n) is 15.5. The van der Waals surface area contributed by atoms with Crippen LogP contribution in [0, 0.1) is 6.92 Å². The lowest BCUT2D eigenvalue weighted by Gasteiger charge is -2.17. The Morgan fingerprint density at radius 1 is 0.828 bits per heavy atom. The average molecular weight is 427 g/mol. The van der Waals surface area contributed by atoms with E-state index in [0.717, 1.165) is 9.80 Å². The van der Waals surface area contributed by atoms with Crippen LogP contribution in [0.25, 0.3) is 5.69 Å². The number of hydrogen-bond acceptors (Lipinski definition) is 4. The van der Waals surface area contributed by atoms with Crippen molar-refractivity contribution in [2.45, 2.75) is 6.92 Å². The fraction of sp³-hybridized carbons (Fsp3) is 0.100. The lowest BCUT2D eigenvalue weighted by molar-refractivity contribution is -0.133. The summed E-state index contributed by atoms with van der Waals surface area (Å²) in [6.45, 7) is 1.70. The Hall–Kier alpha value is -3.23. The molecule has 9 heteroatoms. The molecule has 0 radical (unpaired) electrons. The Kier molecular flexibility index (Phi) is 4.60. The zero-order chi connectivity index (χ0) is 20.9. The number of thiocarbonyl (C=S) groups is 1. The second-order valence-corrected chi connectivity index (χ2v) is 7.25. The minimum Gasteiger partial charge on any atom is -0.283 e. The van der Waals surface area contributed by atoms with Gasteiger partial charge in [-0.2, -0.15) is 0 Å². The van der Waals surface area contributed by atoms with Crippen molar-refractivity contribution in [3.05, 3.63) is 75.7 Å². The summed E-state index contributed by atoms with van der Waals surface area (Å²) in [6.07, 6.45) is 0. The van der Waals surface area contributed by atoms with Crippen LogP contribution in [0.2, 0.25) is 5.02 Å². The highest BCUT2D eigenvalue weighted by molar-refractivity contribution is 7.81. The van der Waals surface area contributed by atoms with Crippen molar-refractivity contribution in [3.8, 4) is 5.69 Å². The van der Waals surface area contributed by atoms with Crippen molar-refractivity contribution in [2.75, 3.05) is 9.80 Å². The molecule has 1 aromatic heterocycles. The first-order valence-corrected chi connectivity index (χ1v) is 9.43. The molecule has 7 nitrogen and oxygen atoms in total. The van der Waals surface area contributed by atoms with Gasteiger partial charge in [0.25, 0.3) is 5.56 Å². The van der Waals surface area contributed by atoms with E-state index in [4.69, 9.17) is 23.8 Å². The van der Waals surface area contributed by atoms with Crippen molar-refractivity contribution in [2.24, 2.45) is 7.05 Å². The Morgan fingerprint density at radius 3 is 2.03 bits per heavy atom. The summed E-state index contributed by atoms with van der Waals surface area (Å²) in [7, 11) is 1.70. The molecule has 0 N–H and O–H groups in total. The van der Waals surface area contributed by atoms with Gasteiger partial charge >= 0.3 is 11.8 Å². The summed E-state index contributed by atoms with van der Waals surface area (Å²) in [5, 5.41) is 0.410. The van der Waals surface area contributed by atoms with Gasteiger partial charge in [0.1, 0.15) is 5.69 Å². The van der Waals surface area contributed by atoms with Crippen molar-refractivity contribution < 1.29 is 9.59 Å². The molecule has 2 heterocycles. The highest BCUT2D eigenvalue weighted by Gasteiger charge is 2.45. The largest absolute Gasteiger partial charge is 0.323 e. The van der Waals surface area contributed by atoms with Crippen molar-refractivity contribution >= 4 is 52.1 Å². The number of rotatable bonds is 3. The van der Waals surface area contributed by atoms with Crippen molar-refractivity contribution in [1.29, 1.82) is 0 Å². The topological polar surface area (TPSA) is 67.6 Å². The monoisotopic (exact) mass is 426 g/mol. The van der Waals surface area contributed by atoms with E-state index in [9.17, 15) is 14.4 Å². The first-order valence-electron chi connectivity index (χ1n) is 8.65. The Morgan fingerprint density at radius 2 is 1.41 bits per heavy atom. The minimum atomic E-state index is -0.879. The van der Waals surface area contributed by atoms with E-state index in [1.54, 1.807) is 67.2 Å². The molecule has 2 amide bonds. The second kappa shape index (κ2) is 6.98. The van der Waals surface area contributed by atoms with Gasteiger partial charge in [0.15, 0.2) is 5.11 Å². The first kappa shape index (κ1) is 19.1. The molecule has 1 saturated heterocycles. The predicted octanol–water partition coefficient (Wildman–Crippen LogP) is 2.80. The van der Waals surface area contributed by atoms with Crippen LogP contribution in [0.5, 0.6) is 0 Å². The summed E-state index contributed by atoms with van der Waals surface area (Å²) in [4.78, 5) is 40.8. The summed E-state index contributed by atoms with van der Waals surface area (Å²) >= 11 is 11.3. The molecular weight excluding hydrogens is 412 g/mol. The van der Waals surface area contributed by atoms with Gasteiger partial charge in [-0.25, -0.2) is 14.5 Å². The number of nitrogens with zero attached hydrogens (tertiary/aromatic N) is 4. The van der Waals surface area contributed by atoms with Crippen LogP contribution in [0.15, 0.2) is 59.4 Å². The molecule has 146 valence electrons. The summed E-state index contributed by atoms with van der Waals surface area (Å²) in [5.41, 5.74) is 1.14. The van der Waals surface area contributed by atoms with E-state index in [2.05, 4.69) is 0 Å². The first-order chi connectivity index (χ1) is 13.8. The van der Waals surface area contributed by atoms with Crippen LogP contribution in [-0.2, 0) is 16.6 Å². The molecule has 0 unspecified atom stereocenters. The number of anilines is 2. The van der Waals surface area contributed by atoms with Crippen LogP contribution in [0.1, 0.15) is 5.69 Å². The van der Waals surface area contributed by atoms with E-state index in [-0.39, 0.29) is 10.8 Å². The molecule has 0 bridgehead atoms. The summed E-state index contributed by atoms with van der Waals surface area (Å²) < 4.78 is 3.05. The number of amides is 2. The van der Waals surface area contributed by atoms with Crippen LogP contribution < -0.4 is 15.4 Å². The van der Waals surface area contributed by atoms with Crippen molar-refractivity contribution in [3.63, 3.8) is 0 Å². The number of benzene rings is 2. The number of para-hydroxylation sites is 1. The highest BCUT2D eigenvalue weighted by atomic mass is 35.5. The van der Waals surface area contributed by atoms with Gasteiger partial charge in [0.2, 0.25) is 0 Å². The lowest BCUT2D eigenvalue weighted by atomic mass is 10.3. The van der Waals surface area contributed by atoms with Crippen LogP contribution in [-0.4, -0.2) is 26.3 Å². The van der Waals surface area contributed by atoms with Gasteiger partial charge in [-0.1, -0.05) is 29.8 Å². The molecule has 1 aliphatic heterocycles. The minimum absolute atomic E-state index is 0.0520. The van der Waals surface area contributed by atoms with Crippen LogP contribution in [0.4, 0.5) is 11.4 Å². The third kappa shape index (κ3) is 2.88. The standard InChI is InChI=1S/C20H15ClN4O3S/c1-12-16(17(26)25(22(12)2)15-6-4-3-5-7-15)24-19(28)18(27)23(20(24)29)14-10-8-13(21)9-11-14/h3-11H,1-2H3. The maximum atomic E-state index is 13.2. The van der Waals surface area contributed by atoms with Crippen molar-refractivity contribution in [1.82, 2.24) is 9.36 Å². The normalized spacial score (nSPS) is 14.2. The Labute approximate surface area is 176 Å². The summed E-state index contributed by atoms with van der Waals surface area (Å²) in [5.74, 6) is -1.71. The Bertz CT molecular complexity index is 1220. The van der Waals surface area contributed by atoms with Gasteiger partial charge in [0.05, 0.1) is 17.1 Å². The highest BCUT2D eigenvalue weighted by Crippen LogP contribution is 2.28. The number of carbonyl (C=O) groups excluding carboxylic acids is 2. The molecule has 0 atom stereocenters. The van der Waals surface area contributed by atoms with Gasteiger partial charge in [-0.3, -0.25) is 19.1 Å². The van der Waals surface area contributed by atoms with Crippen LogP contribution in [0.3, 0.4) is 0 Å². The molecule has 3 aromatic rings. The molecule has 2 aromatic carbocycles. The number of aromatic nitrogens is 2. The maximum Gasteiger partial charge on any atom is 0.323 e. The SMILES string of the molecule is Cc1c(N2C(=O)C(=O)N(c3ccc(Cl)cc3)C2=S)c(=O)n(-c2ccccc2)n1C. The number of halogens is 1. The fourth-order valence-corrected chi connectivity index (χ4v) is 3.78. The maximum absolute atomic E-state index is 13.2. The van der Waals surface area contributed by atoms with E-state index in [1.807, 2.05) is 6.07 Å². The molecule has 1 aliphatic rings. The van der Waals surface area contributed by atoms with Gasteiger partial charge in [-0.05, 0) is 55.5 Å².